The quantitative estimate of drug-likeness (QED) is 0.606. The van der Waals surface area contributed by atoms with Gasteiger partial charge in [0.2, 0.25) is 0 Å². The summed E-state index contributed by atoms with van der Waals surface area (Å²) in [5, 5.41) is 0. The summed E-state index contributed by atoms with van der Waals surface area (Å²) >= 11 is 5.42. The highest BCUT2D eigenvalue weighted by Gasteiger charge is 2.07. The first-order chi connectivity index (χ1) is 7.65. The van der Waals surface area contributed by atoms with E-state index in [1.54, 1.807) is 0 Å². The van der Waals surface area contributed by atoms with Gasteiger partial charge in [0.05, 0.1) is 0 Å². The van der Waals surface area contributed by atoms with Crippen molar-refractivity contribution in [3.8, 4) is 0 Å². The van der Waals surface area contributed by atoms with Gasteiger partial charge in [-0.1, -0.05) is 35.7 Å². The molecule has 0 fully saturated rings. The van der Waals surface area contributed by atoms with Gasteiger partial charge in [-0.15, -0.1) is 11.8 Å². The molecule has 0 radical (unpaired) electrons. The van der Waals surface area contributed by atoms with Crippen molar-refractivity contribution in [2.24, 2.45) is 5.73 Å². The van der Waals surface area contributed by atoms with Crippen molar-refractivity contribution in [1.82, 2.24) is 0 Å². The molecule has 16 heavy (non-hydrogen) atoms. The molecule has 0 aromatic heterocycles. The first-order valence-corrected chi connectivity index (χ1v) is 7.60. The third kappa shape index (κ3) is 4.48. The fraction of sp³-hybridized carbons (Fsp3) is 0.538. The Labute approximate surface area is 111 Å². The number of halogens is 1. The van der Waals surface area contributed by atoms with Gasteiger partial charge in [0, 0.05) is 15.4 Å². The molecular weight excluding hydrogens is 282 g/mol. The predicted molar refractivity (Wildman–Crippen MR) is 77.0 cm³/mol. The van der Waals surface area contributed by atoms with Gasteiger partial charge >= 0.3 is 0 Å². The summed E-state index contributed by atoms with van der Waals surface area (Å²) in [5.74, 6) is 1.19. The van der Waals surface area contributed by atoms with Crippen LogP contribution in [0.5, 0.6) is 0 Å². The van der Waals surface area contributed by atoms with Crippen molar-refractivity contribution >= 4 is 27.7 Å². The van der Waals surface area contributed by atoms with Crippen LogP contribution in [0.15, 0.2) is 27.6 Å². The van der Waals surface area contributed by atoms with E-state index in [9.17, 15) is 0 Å². The molecule has 1 atom stereocenters. The molecule has 0 saturated heterocycles. The van der Waals surface area contributed by atoms with Crippen LogP contribution in [-0.2, 0) is 0 Å². The Kier molecular flexibility index (Phi) is 6.47. The molecule has 90 valence electrons. The minimum atomic E-state index is 0.103. The molecule has 0 aliphatic carbocycles. The summed E-state index contributed by atoms with van der Waals surface area (Å²) in [6.45, 7) is 4.27. The number of hydrogen-bond acceptors (Lipinski definition) is 2. The Morgan fingerprint density at radius 1 is 1.38 bits per heavy atom. The second kappa shape index (κ2) is 7.36. The van der Waals surface area contributed by atoms with E-state index >= 15 is 0 Å². The van der Waals surface area contributed by atoms with Gasteiger partial charge in [-0.05, 0) is 42.9 Å². The first kappa shape index (κ1) is 14.1. The largest absolute Gasteiger partial charge is 0.324 e. The SMILES string of the molecule is CCCCCSc1ccc(Br)cc1C(C)N. The Bertz CT molecular complexity index is 326. The van der Waals surface area contributed by atoms with Crippen molar-refractivity contribution in [2.45, 2.75) is 44.0 Å². The number of unbranched alkanes of at least 4 members (excludes halogenated alkanes) is 2. The molecule has 1 aromatic carbocycles. The van der Waals surface area contributed by atoms with Crippen LogP contribution in [-0.4, -0.2) is 5.75 Å². The van der Waals surface area contributed by atoms with E-state index in [0.29, 0.717) is 0 Å². The average molecular weight is 302 g/mol. The zero-order chi connectivity index (χ0) is 12.0. The van der Waals surface area contributed by atoms with Crippen LogP contribution < -0.4 is 5.73 Å². The van der Waals surface area contributed by atoms with E-state index in [0.717, 1.165) is 4.47 Å². The van der Waals surface area contributed by atoms with Crippen LogP contribution >= 0.6 is 27.7 Å². The molecule has 0 aliphatic rings. The topological polar surface area (TPSA) is 26.0 Å². The van der Waals surface area contributed by atoms with Crippen molar-refractivity contribution in [2.75, 3.05) is 5.75 Å². The zero-order valence-electron chi connectivity index (χ0n) is 10.0. The lowest BCUT2D eigenvalue weighted by Crippen LogP contribution is -2.06. The summed E-state index contributed by atoms with van der Waals surface area (Å²) < 4.78 is 1.11. The number of hydrogen-bond donors (Lipinski definition) is 1. The summed E-state index contributed by atoms with van der Waals surface area (Å²) in [5.41, 5.74) is 7.23. The number of rotatable bonds is 6. The van der Waals surface area contributed by atoms with Crippen LogP contribution in [0.2, 0.25) is 0 Å². The normalized spacial score (nSPS) is 12.8. The lowest BCUT2D eigenvalue weighted by atomic mass is 10.1. The third-order valence-electron chi connectivity index (χ3n) is 2.47. The third-order valence-corrected chi connectivity index (χ3v) is 4.14. The van der Waals surface area contributed by atoms with E-state index in [1.807, 2.05) is 18.7 Å². The zero-order valence-corrected chi connectivity index (χ0v) is 12.4. The van der Waals surface area contributed by atoms with Crippen molar-refractivity contribution < 1.29 is 0 Å². The minimum Gasteiger partial charge on any atom is -0.324 e. The Morgan fingerprint density at radius 2 is 2.12 bits per heavy atom. The Balaban J connectivity index is 2.64. The maximum Gasteiger partial charge on any atom is 0.0277 e. The van der Waals surface area contributed by atoms with Crippen molar-refractivity contribution in [3.05, 3.63) is 28.2 Å². The van der Waals surface area contributed by atoms with Crippen LogP contribution in [0.25, 0.3) is 0 Å². The lowest BCUT2D eigenvalue weighted by Gasteiger charge is -2.12. The van der Waals surface area contributed by atoms with Crippen LogP contribution in [0.4, 0.5) is 0 Å². The van der Waals surface area contributed by atoms with E-state index in [2.05, 4.69) is 41.1 Å². The number of nitrogens with two attached hydrogens (primary N) is 1. The average Bonchev–Trinajstić information content (AvgIpc) is 2.26. The summed E-state index contributed by atoms with van der Waals surface area (Å²) in [4.78, 5) is 1.33. The standard InChI is InChI=1S/C13H20BrNS/c1-3-4-5-8-16-13-7-6-11(14)9-12(13)10(2)15/h6-7,9-10H,3-5,8,15H2,1-2H3. The summed E-state index contributed by atoms with van der Waals surface area (Å²) in [6.07, 6.45) is 3.88. The second-order valence-corrected chi connectivity index (χ2v) is 6.08. The van der Waals surface area contributed by atoms with Gasteiger partial charge in [0.1, 0.15) is 0 Å². The number of benzene rings is 1. The van der Waals surface area contributed by atoms with E-state index in [1.165, 1.54) is 35.5 Å². The fourth-order valence-electron chi connectivity index (χ4n) is 1.54. The lowest BCUT2D eigenvalue weighted by molar-refractivity contribution is 0.776. The van der Waals surface area contributed by atoms with Gasteiger partial charge in [-0.3, -0.25) is 0 Å². The van der Waals surface area contributed by atoms with Gasteiger partial charge in [-0.25, -0.2) is 0 Å². The van der Waals surface area contributed by atoms with Crippen molar-refractivity contribution in [1.29, 1.82) is 0 Å². The molecule has 0 spiro atoms. The molecular formula is C13H20BrNS. The highest BCUT2D eigenvalue weighted by Crippen LogP contribution is 2.30. The van der Waals surface area contributed by atoms with Gasteiger partial charge in [0.15, 0.2) is 0 Å². The molecule has 3 heteroatoms. The van der Waals surface area contributed by atoms with E-state index in [-0.39, 0.29) is 6.04 Å². The first-order valence-electron chi connectivity index (χ1n) is 5.83. The molecule has 0 aliphatic heterocycles. The Hall–Kier alpha value is 0.01000. The highest BCUT2D eigenvalue weighted by atomic mass is 79.9. The summed E-state index contributed by atoms with van der Waals surface area (Å²) in [6, 6.07) is 6.49. The monoisotopic (exact) mass is 301 g/mol. The van der Waals surface area contributed by atoms with Crippen molar-refractivity contribution in [3.63, 3.8) is 0 Å². The minimum absolute atomic E-state index is 0.103. The van der Waals surface area contributed by atoms with Crippen LogP contribution in [0.1, 0.15) is 44.7 Å². The van der Waals surface area contributed by atoms with Gasteiger partial charge < -0.3 is 5.73 Å². The molecule has 1 nitrogen and oxygen atoms in total. The van der Waals surface area contributed by atoms with Crippen LogP contribution in [0.3, 0.4) is 0 Å². The molecule has 1 unspecified atom stereocenters. The second-order valence-electron chi connectivity index (χ2n) is 4.03. The smallest absolute Gasteiger partial charge is 0.0277 e. The molecule has 0 amide bonds. The van der Waals surface area contributed by atoms with Crippen LogP contribution in [0, 0.1) is 0 Å². The molecule has 0 saturated carbocycles. The molecule has 0 bridgehead atoms. The highest BCUT2D eigenvalue weighted by molar-refractivity contribution is 9.10. The van der Waals surface area contributed by atoms with E-state index in [4.69, 9.17) is 5.73 Å². The molecule has 2 N–H and O–H groups in total. The van der Waals surface area contributed by atoms with E-state index < -0.39 is 0 Å². The fourth-order valence-corrected chi connectivity index (χ4v) is 3.06. The molecule has 0 heterocycles. The maximum absolute atomic E-state index is 5.98. The molecule has 1 aromatic rings. The number of thioether (sulfide) groups is 1. The Morgan fingerprint density at radius 3 is 2.75 bits per heavy atom. The van der Waals surface area contributed by atoms with Gasteiger partial charge in [0.25, 0.3) is 0 Å². The maximum atomic E-state index is 5.98. The molecule has 1 rings (SSSR count). The van der Waals surface area contributed by atoms with Gasteiger partial charge in [-0.2, -0.15) is 0 Å². The summed E-state index contributed by atoms with van der Waals surface area (Å²) in [7, 11) is 0. The predicted octanol–water partition coefficient (Wildman–Crippen LogP) is 4.75.